The van der Waals surface area contributed by atoms with E-state index in [1.165, 1.54) is 0 Å². The van der Waals surface area contributed by atoms with Gasteiger partial charge in [-0.1, -0.05) is 78.9 Å². The average Bonchev–Trinajstić information content (AvgIpc) is 3.24. The first-order valence-corrected chi connectivity index (χ1v) is 11.1. The third-order valence-electron chi connectivity index (χ3n) is 5.42. The van der Waals surface area contributed by atoms with E-state index in [4.69, 9.17) is 0 Å². The van der Waals surface area contributed by atoms with Crippen molar-refractivity contribution < 1.29 is 4.39 Å². The van der Waals surface area contributed by atoms with E-state index in [1.807, 2.05) is 91.0 Å². The molecule has 0 aliphatic rings. The van der Waals surface area contributed by atoms with Gasteiger partial charge in [0.25, 0.3) is 0 Å². The molecule has 0 saturated carbocycles. The molecule has 0 spiro atoms. The minimum Gasteiger partial charge on any atom is -0.208 e. The molecule has 0 atom stereocenters. The van der Waals surface area contributed by atoms with Crippen molar-refractivity contribution in [2.75, 3.05) is 0 Å². The van der Waals surface area contributed by atoms with Gasteiger partial charge in [-0.15, -0.1) is 11.3 Å². The number of hydrogen-bond donors (Lipinski definition) is 0. The highest BCUT2D eigenvalue weighted by atomic mass is 32.1. The summed E-state index contributed by atoms with van der Waals surface area (Å²) in [7, 11) is 0. The summed E-state index contributed by atoms with van der Waals surface area (Å²) in [6.45, 7) is 0. The van der Waals surface area contributed by atoms with Crippen LogP contribution in [-0.4, -0.2) is 15.0 Å². The molecular formula is C27H16FN3S. The summed E-state index contributed by atoms with van der Waals surface area (Å²) in [5.74, 6) is 1.06. The summed E-state index contributed by atoms with van der Waals surface area (Å²) in [6, 6.07) is 31.0. The second-order valence-corrected chi connectivity index (χ2v) is 8.52. The molecule has 0 saturated heterocycles. The molecule has 0 aliphatic heterocycles. The smallest absolute Gasteiger partial charge is 0.167 e. The quantitative estimate of drug-likeness (QED) is 0.292. The van der Waals surface area contributed by atoms with E-state index >= 15 is 4.39 Å². The third-order valence-corrected chi connectivity index (χ3v) is 6.56. The third kappa shape index (κ3) is 3.15. The molecule has 0 bridgehead atoms. The standard InChI is InChI=1S/C27H16FN3S/c28-24-20(15-16-22-23(24)19-13-7-8-14-21(19)32-22)27-30-25(17-9-3-1-4-10-17)29-26(31-27)18-11-5-2-6-12-18/h1-16H. The predicted octanol–water partition coefficient (Wildman–Crippen LogP) is 7.38. The van der Waals surface area contributed by atoms with Crippen molar-refractivity contribution in [2.45, 2.75) is 0 Å². The van der Waals surface area contributed by atoms with Gasteiger partial charge < -0.3 is 0 Å². The monoisotopic (exact) mass is 433 g/mol. The van der Waals surface area contributed by atoms with Crippen molar-refractivity contribution in [3.8, 4) is 34.2 Å². The van der Waals surface area contributed by atoms with E-state index < -0.39 is 0 Å². The van der Waals surface area contributed by atoms with Gasteiger partial charge in [0, 0.05) is 31.3 Å². The van der Waals surface area contributed by atoms with Gasteiger partial charge in [0.2, 0.25) is 0 Å². The maximum absolute atomic E-state index is 15.9. The SMILES string of the molecule is Fc1c(-c2nc(-c3ccccc3)nc(-c3ccccc3)n2)ccc2sc3ccccc3c12. The Morgan fingerprint density at radius 2 is 1.09 bits per heavy atom. The first-order valence-electron chi connectivity index (χ1n) is 10.2. The van der Waals surface area contributed by atoms with Crippen LogP contribution in [0.15, 0.2) is 97.1 Å². The molecule has 152 valence electrons. The molecule has 0 fully saturated rings. The maximum Gasteiger partial charge on any atom is 0.167 e. The van der Waals surface area contributed by atoms with Gasteiger partial charge in [0.15, 0.2) is 17.5 Å². The highest BCUT2D eigenvalue weighted by Gasteiger charge is 2.18. The minimum atomic E-state index is -0.302. The fourth-order valence-corrected chi connectivity index (χ4v) is 4.98. The minimum absolute atomic E-state index is 0.302. The number of fused-ring (bicyclic) bond motifs is 3. The normalized spacial score (nSPS) is 11.3. The fraction of sp³-hybridized carbons (Fsp3) is 0. The van der Waals surface area contributed by atoms with Crippen LogP contribution in [-0.2, 0) is 0 Å². The molecule has 5 heteroatoms. The number of benzene rings is 4. The molecule has 0 unspecified atom stereocenters. The second-order valence-electron chi connectivity index (χ2n) is 7.44. The second kappa shape index (κ2) is 7.62. The van der Waals surface area contributed by atoms with Crippen molar-refractivity contribution in [1.29, 1.82) is 0 Å². The van der Waals surface area contributed by atoms with Crippen molar-refractivity contribution in [1.82, 2.24) is 15.0 Å². The lowest BCUT2D eigenvalue weighted by Gasteiger charge is -2.09. The molecule has 0 aliphatic carbocycles. The number of hydrogen-bond acceptors (Lipinski definition) is 4. The topological polar surface area (TPSA) is 38.7 Å². The molecule has 6 aromatic rings. The van der Waals surface area contributed by atoms with Gasteiger partial charge in [0.05, 0.1) is 5.56 Å². The van der Waals surface area contributed by atoms with E-state index in [0.717, 1.165) is 25.9 Å². The van der Waals surface area contributed by atoms with Crippen molar-refractivity contribution >= 4 is 31.5 Å². The molecule has 0 N–H and O–H groups in total. The summed E-state index contributed by atoms with van der Waals surface area (Å²) in [6.07, 6.45) is 0. The highest BCUT2D eigenvalue weighted by molar-refractivity contribution is 7.25. The summed E-state index contributed by atoms with van der Waals surface area (Å²) in [4.78, 5) is 14.0. The summed E-state index contributed by atoms with van der Waals surface area (Å²) in [5.41, 5.74) is 2.09. The average molecular weight is 434 g/mol. The van der Waals surface area contributed by atoms with Gasteiger partial charge in [-0.3, -0.25) is 0 Å². The van der Waals surface area contributed by atoms with E-state index in [2.05, 4.69) is 15.0 Å². The number of thiophene rings is 1. The van der Waals surface area contributed by atoms with E-state index in [1.54, 1.807) is 17.4 Å². The van der Waals surface area contributed by atoms with Gasteiger partial charge in [-0.05, 0) is 18.2 Å². The van der Waals surface area contributed by atoms with Gasteiger partial charge >= 0.3 is 0 Å². The lowest BCUT2D eigenvalue weighted by molar-refractivity contribution is 0.642. The first kappa shape index (κ1) is 18.8. The van der Waals surface area contributed by atoms with Crippen LogP contribution < -0.4 is 0 Å². The van der Waals surface area contributed by atoms with E-state index in [0.29, 0.717) is 28.4 Å². The van der Waals surface area contributed by atoms with Crippen LogP contribution in [0.5, 0.6) is 0 Å². The molecule has 4 aromatic carbocycles. The predicted molar refractivity (Wildman–Crippen MR) is 129 cm³/mol. The number of rotatable bonds is 3. The van der Waals surface area contributed by atoms with Crippen LogP contribution in [0.2, 0.25) is 0 Å². The Morgan fingerprint density at radius 1 is 0.531 bits per heavy atom. The van der Waals surface area contributed by atoms with Crippen molar-refractivity contribution in [3.05, 3.63) is 103 Å². The molecule has 0 radical (unpaired) electrons. The largest absolute Gasteiger partial charge is 0.208 e. The van der Waals surface area contributed by atoms with Gasteiger partial charge in [-0.2, -0.15) is 0 Å². The summed E-state index contributed by atoms with van der Waals surface area (Å²) >= 11 is 1.59. The maximum atomic E-state index is 15.9. The zero-order valence-corrected chi connectivity index (χ0v) is 17.7. The molecule has 32 heavy (non-hydrogen) atoms. The number of aromatic nitrogens is 3. The number of halogens is 1. The number of nitrogens with zero attached hydrogens (tertiary/aromatic N) is 3. The molecule has 2 aromatic heterocycles. The van der Waals surface area contributed by atoms with Crippen molar-refractivity contribution in [2.24, 2.45) is 0 Å². The van der Waals surface area contributed by atoms with Crippen LogP contribution in [0.25, 0.3) is 54.3 Å². The Balaban J connectivity index is 1.62. The lowest BCUT2D eigenvalue weighted by Crippen LogP contribution is -2.01. The Morgan fingerprint density at radius 3 is 1.75 bits per heavy atom. The molecule has 6 rings (SSSR count). The van der Waals surface area contributed by atoms with Crippen LogP contribution in [0.1, 0.15) is 0 Å². The van der Waals surface area contributed by atoms with Crippen LogP contribution in [0.3, 0.4) is 0 Å². The van der Waals surface area contributed by atoms with Crippen LogP contribution in [0, 0.1) is 5.82 Å². The molecular weight excluding hydrogens is 417 g/mol. The highest BCUT2D eigenvalue weighted by Crippen LogP contribution is 2.38. The summed E-state index contributed by atoms with van der Waals surface area (Å²) < 4.78 is 17.9. The van der Waals surface area contributed by atoms with E-state index in [9.17, 15) is 0 Å². The lowest BCUT2D eigenvalue weighted by atomic mass is 10.1. The van der Waals surface area contributed by atoms with Crippen LogP contribution >= 0.6 is 11.3 Å². The van der Waals surface area contributed by atoms with Crippen molar-refractivity contribution in [3.63, 3.8) is 0 Å². The molecule has 3 nitrogen and oxygen atoms in total. The zero-order valence-electron chi connectivity index (χ0n) is 16.9. The van der Waals surface area contributed by atoms with E-state index in [-0.39, 0.29) is 5.82 Å². The Bertz CT molecular complexity index is 1520. The van der Waals surface area contributed by atoms with Gasteiger partial charge in [0.1, 0.15) is 5.82 Å². The molecule has 2 heterocycles. The zero-order chi connectivity index (χ0) is 21.5. The fourth-order valence-electron chi connectivity index (χ4n) is 3.88. The van der Waals surface area contributed by atoms with Gasteiger partial charge in [-0.25, -0.2) is 19.3 Å². The van der Waals surface area contributed by atoms with Crippen LogP contribution in [0.4, 0.5) is 4.39 Å². The Hall–Kier alpha value is -3.96. The Kier molecular flexibility index (Phi) is 4.47. The first-order chi connectivity index (χ1) is 15.8. The Labute approximate surface area is 187 Å². The summed E-state index contributed by atoms with van der Waals surface area (Å²) in [5, 5.41) is 1.53. The molecule has 0 amide bonds.